The number of nitrogen functional groups attached to an aromatic ring is 1. The number of anilines is 1. The van der Waals surface area contributed by atoms with Crippen molar-refractivity contribution in [2.24, 2.45) is 0 Å². The molecule has 2 rings (SSSR count). The summed E-state index contributed by atoms with van der Waals surface area (Å²) >= 11 is 1.06. The number of fused-ring (bicyclic) bond motifs is 1. The fraction of sp³-hybridized carbons (Fsp3) is 0.182. The van der Waals surface area contributed by atoms with Crippen molar-refractivity contribution in [2.45, 2.75) is 4.34 Å². The molecule has 0 spiro atoms. The Kier molecular flexibility index (Phi) is 3.27. The summed E-state index contributed by atoms with van der Waals surface area (Å²) in [5, 5.41) is 0. The molecule has 2 aromatic rings. The van der Waals surface area contributed by atoms with Crippen molar-refractivity contribution in [3.05, 3.63) is 24.8 Å². The Morgan fingerprint density at radius 3 is 2.89 bits per heavy atom. The molecule has 96 valence electrons. The van der Waals surface area contributed by atoms with Gasteiger partial charge in [0.05, 0.1) is 28.8 Å². The number of hydrogen-bond donors (Lipinski definition) is 1. The lowest BCUT2D eigenvalue weighted by Gasteiger charge is -2.03. The van der Waals surface area contributed by atoms with Gasteiger partial charge in [-0.25, -0.2) is 13.4 Å². The zero-order chi connectivity index (χ0) is 13.3. The molecule has 0 atom stereocenters. The first-order valence-corrected chi connectivity index (χ1v) is 7.53. The van der Waals surface area contributed by atoms with E-state index >= 15 is 0 Å². The molecule has 2 N–H and O–H groups in total. The minimum absolute atomic E-state index is 0.0568. The maximum absolute atomic E-state index is 11.9. The summed E-state index contributed by atoms with van der Waals surface area (Å²) in [4.78, 5) is 4.10. The molecule has 0 unspecified atom stereocenters. The van der Waals surface area contributed by atoms with Crippen LogP contribution in [0.2, 0.25) is 0 Å². The molecule has 1 aromatic carbocycles. The van der Waals surface area contributed by atoms with Gasteiger partial charge >= 0.3 is 0 Å². The molecule has 0 aliphatic heterocycles. The number of ether oxygens (including phenoxy) is 1. The van der Waals surface area contributed by atoms with E-state index in [0.29, 0.717) is 21.7 Å². The first-order chi connectivity index (χ1) is 8.49. The molecule has 0 bridgehead atoms. The first-order valence-electron chi connectivity index (χ1n) is 5.06. The number of benzene rings is 1. The van der Waals surface area contributed by atoms with E-state index in [0.717, 1.165) is 11.3 Å². The van der Waals surface area contributed by atoms with Crippen molar-refractivity contribution in [3.8, 4) is 5.75 Å². The largest absolute Gasteiger partial charge is 0.493 e. The van der Waals surface area contributed by atoms with Crippen LogP contribution in [0.4, 0.5) is 5.69 Å². The fourth-order valence-corrected chi connectivity index (χ4v) is 4.02. The monoisotopic (exact) mass is 284 g/mol. The van der Waals surface area contributed by atoms with Gasteiger partial charge in [0.25, 0.3) is 0 Å². The van der Waals surface area contributed by atoms with E-state index in [4.69, 9.17) is 10.5 Å². The SMILES string of the molecule is C=CCS(=O)(=O)c1nc2ccc(N)c(OC)c2s1. The quantitative estimate of drug-likeness (QED) is 0.684. The Balaban J connectivity index is 2.68. The molecular weight excluding hydrogens is 272 g/mol. The summed E-state index contributed by atoms with van der Waals surface area (Å²) in [5.41, 5.74) is 6.79. The zero-order valence-electron chi connectivity index (χ0n) is 9.71. The molecule has 0 aliphatic rings. The minimum Gasteiger partial charge on any atom is -0.493 e. The highest BCUT2D eigenvalue weighted by atomic mass is 32.2. The maximum Gasteiger partial charge on any atom is 0.210 e. The van der Waals surface area contributed by atoms with E-state index in [1.807, 2.05) is 0 Å². The van der Waals surface area contributed by atoms with Gasteiger partial charge in [-0.15, -0.1) is 6.58 Å². The van der Waals surface area contributed by atoms with Crippen LogP contribution < -0.4 is 10.5 Å². The number of sulfone groups is 1. The van der Waals surface area contributed by atoms with Crippen molar-refractivity contribution in [1.82, 2.24) is 4.98 Å². The number of methoxy groups -OCH3 is 1. The Hall–Kier alpha value is -1.60. The predicted molar refractivity (Wildman–Crippen MR) is 72.8 cm³/mol. The Bertz CT molecular complexity index is 704. The van der Waals surface area contributed by atoms with Crippen LogP contribution in [0.3, 0.4) is 0 Å². The molecule has 1 heterocycles. The van der Waals surface area contributed by atoms with Gasteiger partial charge in [-0.3, -0.25) is 0 Å². The molecular formula is C11H12N2O3S2. The van der Waals surface area contributed by atoms with E-state index in [1.165, 1.54) is 13.2 Å². The summed E-state index contributed by atoms with van der Waals surface area (Å²) in [6.45, 7) is 3.43. The van der Waals surface area contributed by atoms with Crippen LogP contribution in [0.5, 0.6) is 5.75 Å². The zero-order valence-corrected chi connectivity index (χ0v) is 11.3. The van der Waals surface area contributed by atoms with Gasteiger partial charge in [-0.1, -0.05) is 17.4 Å². The van der Waals surface area contributed by atoms with Gasteiger partial charge < -0.3 is 10.5 Å². The lowest BCUT2D eigenvalue weighted by Crippen LogP contribution is -2.03. The van der Waals surface area contributed by atoms with E-state index < -0.39 is 9.84 Å². The molecule has 18 heavy (non-hydrogen) atoms. The van der Waals surface area contributed by atoms with Crippen molar-refractivity contribution in [2.75, 3.05) is 18.6 Å². The highest BCUT2D eigenvalue weighted by Gasteiger charge is 2.20. The van der Waals surface area contributed by atoms with Crippen LogP contribution >= 0.6 is 11.3 Å². The summed E-state index contributed by atoms with van der Waals surface area (Å²) in [6.07, 6.45) is 1.34. The van der Waals surface area contributed by atoms with E-state index in [-0.39, 0.29) is 10.1 Å². The summed E-state index contributed by atoms with van der Waals surface area (Å²) in [7, 11) is -1.93. The first kappa shape index (κ1) is 12.8. The molecule has 0 fully saturated rings. The number of nitrogens with two attached hydrogens (primary N) is 1. The van der Waals surface area contributed by atoms with Crippen molar-refractivity contribution in [3.63, 3.8) is 0 Å². The highest BCUT2D eigenvalue weighted by Crippen LogP contribution is 2.37. The lowest BCUT2D eigenvalue weighted by molar-refractivity contribution is 0.422. The topological polar surface area (TPSA) is 82.3 Å². The van der Waals surface area contributed by atoms with E-state index in [2.05, 4.69) is 11.6 Å². The number of nitrogens with zero attached hydrogens (tertiary/aromatic N) is 1. The van der Waals surface area contributed by atoms with Gasteiger partial charge in [-0.05, 0) is 12.1 Å². The number of thiazole rings is 1. The number of aromatic nitrogens is 1. The van der Waals surface area contributed by atoms with E-state index in [9.17, 15) is 8.42 Å². The Morgan fingerprint density at radius 1 is 1.56 bits per heavy atom. The van der Waals surface area contributed by atoms with Gasteiger partial charge in [-0.2, -0.15) is 0 Å². The second kappa shape index (κ2) is 4.58. The average Bonchev–Trinajstić information content (AvgIpc) is 2.73. The molecule has 0 amide bonds. The highest BCUT2D eigenvalue weighted by molar-refractivity contribution is 7.93. The smallest absolute Gasteiger partial charge is 0.210 e. The standard InChI is InChI=1S/C11H12N2O3S2/c1-3-6-18(14,15)11-13-8-5-4-7(12)9(16-2)10(8)17-11/h3-5H,1,6,12H2,2H3. The Morgan fingerprint density at radius 2 is 2.28 bits per heavy atom. The van der Waals surface area contributed by atoms with Crippen LogP contribution in [0, 0.1) is 0 Å². The van der Waals surface area contributed by atoms with Crippen LogP contribution in [-0.2, 0) is 9.84 Å². The lowest BCUT2D eigenvalue weighted by atomic mass is 10.3. The number of rotatable bonds is 4. The fourth-order valence-electron chi connectivity index (χ4n) is 1.53. The molecule has 5 nitrogen and oxygen atoms in total. The molecule has 0 saturated carbocycles. The maximum atomic E-state index is 11.9. The third kappa shape index (κ3) is 2.06. The molecule has 7 heteroatoms. The van der Waals surface area contributed by atoms with Gasteiger partial charge in [0, 0.05) is 0 Å². The van der Waals surface area contributed by atoms with Crippen molar-refractivity contribution in [1.29, 1.82) is 0 Å². The van der Waals surface area contributed by atoms with Crippen molar-refractivity contribution >= 4 is 37.1 Å². The second-order valence-corrected chi connectivity index (χ2v) is 6.79. The van der Waals surface area contributed by atoms with Crippen LogP contribution in [0.15, 0.2) is 29.1 Å². The van der Waals surface area contributed by atoms with Crippen LogP contribution in [0.25, 0.3) is 10.2 Å². The molecule has 1 aromatic heterocycles. The average molecular weight is 284 g/mol. The van der Waals surface area contributed by atoms with Crippen LogP contribution in [0.1, 0.15) is 0 Å². The van der Waals surface area contributed by atoms with Crippen LogP contribution in [-0.4, -0.2) is 26.3 Å². The molecule has 0 aliphatic carbocycles. The Labute approximate surface area is 109 Å². The molecule has 0 radical (unpaired) electrons. The van der Waals surface area contributed by atoms with Gasteiger partial charge in [0.2, 0.25) is 14.2 Å². The number of hydrogen-bond acceptors (Lipinski definition) is 6. The van der Waals surface area contributed by atoms with E-state index in [1.54, 1.807) is 12.1 Å². The predicted octanol–water partition coefficient (Wildman–Crippen LogP) is 1.85. The summed E-state index contributed by atoms with van der Waals surface area (Å²) < 4.78 is 29.7. The second-order valence-electron chi connectivity index (χ2n) is 3.59. The van der Waals surface area contributed by atoms with Gasteiger partial charge in [0.1, 0.15) is 0 Å². The third-order valence-corrected chi connectivity index (χ3v) is 5.50. The minimum atomic E-state index is -3.42. The van der Waals surface area contributed by atoms with Crippen molar-refractivity contribution < 1.29 is 13.2 Å². The normalized spacial score (nSPS) is 11.6. The summed E-state index contributed by atoms with van der Waals surface area (Å²) in [5.74, 6) is 0.329. The molecule has 0 saturated heterocycles. The third-order valence-electron chi connectivity index (χ3n) is 2.33. The van der Waals surface area contributed by atoms with Gasteiger partial charge in [0.15, 0.2) is 5.75 Å². The summed E-state index contributed by atoms with van der Waals surface area (Å²) in [6, 6.07) is 3.32.